The largest absolute Gasteiger partial charge is 0.286 e. The Morgan fingerprint density at radius 1 is 1.36 bits per heavy atom. The number of hydrogen-bond acceptors (Lipinski definition) is 1. The van der Waals surface area contributed by atoms with Gasteiger partial charge in [-0.1, -0.05) is 18.2 Å². The molecule has 1 rings (SSSR count). The van der Waals surface area contributed by atoms with Gasteiger partial charge in [-0.2, -0.15) is 0 Å². The van der Waals surface area contributed by atoms with Gasteiger partial charge in [-0.15, -0.1) is 0 Å². The highest BCUT2D eigenvalue weighted by Gasteiger charge is 1.90. The molecule has 0 heterocycles. The van der Waals surface area contributed by atoms with Gasteiger partial charge in [0.2, 0.25) is 0 Å². The molecule has 2 heteroatoms. The van der Waals surface area contributed by atoms with Crippen LogP contribution in [0.25, 0.3) is 0 Å². The van der Waals surface area contributed by atoms with Crippen LogP contribution in [0.4, 0.5) is 5.69 Å². The van der Waals surface area contributed by atoms with Crippen LogP contribution in [0.5, 0.6) is 0 Å². The Morgan fingerprint density at radius 2 is 2.00 bits per heavy atom. The molecule has 0 fully saturated rings. The van der Waals surface area contributed by atoms with E-state index in [-0.39, 0.29) is 0 Å². The van der Waals surface area contributed by atoms with Crippen LogP contribution in [0.3, 0.4) is 0 Å². The molecule has 0 radical (unpaired) electrons. The zero-order valence-corrected chi connectivity index (χ0v) is 6.57. The van der Waals surface area contributed by atoms with E-state index in [9.17, 15) is 0 Å². The van der Waals surface area contributed by atoms with E-state index in [0.717, 1.165) is 5.69 Å². The SMILES string of the molecule is C=[N+](C)C=Nc1ccccc1. The Balaban J connectivity index is 2.72. The minimum Gasteiger partial charge on any atom is -0.247 e. The molecule has 0 N–H and O–H groups in total. The molecular weight excluding hydrogens is 136 g/mol. The summed E-state index contributed by atoms with van der Waals surface area (Å²) in [4.78, 5) is 4.14. The van der Waals surface area contributed by atoms with E-state index in [0.29, 0.717) is 0 Å². The third-order valence-electron chi connectivity index (χ3n) is 1.16. The highest BCUT2D eigenvalue weighted by atomic mass is 15.0. The Kier molecular flexibility index (Phi) is 2.55. The molecule has 0 spiro atoms. The summed E-state index contributed by atoms with van der Waals surface area (Å²) < 4.78 is 1.66. The lowest BCUT2D eigenvalue weighted by Gasteiger charge is -1.82. The standard InChI is InChI=1S/C9H11N2/c1-11(2)8-10-9-6-4-3-5-7-9/h3-8H,1H2,2H3/q+1. The fraction of sp³-hybridized carbons (Fsp3) is 0.111. The van der Waals surface area contributed by atoms with Crippen molar-refractivity contribution in [2.45, 2.75) is 0 Å². The molecule has 0 aromatic heterocycles. The second-order valence-electron chi connectivity index (χ2n) is 2.34. The van der Waals surface area contributed by atoms with Crippen molar-refractivity contribution < 1.29 is 4.58 Å². The third kappa shape index (κ3) is 2.76. The van der Waals surface area contributed by atoms with Crippen LogP contribution >= 0.6 is 0 Å². The van der Waals surface area contributed by atoms with Gasteiger partial charge in [0.25, 0.3) is 6.34 Å². The van der Waals surface area contributed by atoms with E-state index >= 15 is 0 Å². The maximum absolute atomic E-state index is 4.14. The second-order valence-corrected chi connectivity index (χ2v) is 2.34. The van der Waals surface area contributed by atoms with Crippen LogP contribution in [0.15, 0.2) is 35.3 Å². The van der Waals surface area contributed by atoms with Crippen LogP contribution in [0, 0.1) is 0 Å². The Bertz CT molecular complexity index is 262. The zero-order valence-electron chi connectivity index (χ0n) is 6.57. The van der Waals surface area contributed by atoms with Crippen molar-refractivity contribution in [2.75, 3.05) is 7.05 Å². The molecule has 0 unspecified atom stereocenters. The van der Waals surface area contributed by atoms with Crippen molar-refractivity contribution in [3.8, 4) is 0 Å². The van der Waals surface area contributed by atoms with E-state index in [1.54, 1.807) is 10.9 Å². The van der Waals surface area contributed by atoms with E-state index in [1.807, 2.05) is 37.4 Å². The maximum Gasteiger partial charge on any atom is 0.286 e. The van der Waals surface area contributed by atoms with E-state index in [2.05, 4.69) is 11.7 Å². The van der Waals surface area contributed by atoms with E-state index in [4.69, 9.17) is 0 Å². The predicted octanol–water partition coefficient (Wildman–Crippen LogP) is 1.69. The van der Waals surface area contributed by atoms with Gasteiger partial charge in [0.15, 0.2) is 5.69 Å². The molecular formula is C9H11N2+. The molecule has 0 aliphatic heterocycles. The summed E-state index contributed by atoms with van der Waals surface area (Å²) in [7, 11) is 1.84. The predicted molar refractivity (Wildman–Crippen MR) is 47.9 cm³/mol. The molecule has 0 aliphatic carbocycles. The first-order chi connectivity index (χ1) is 5.29. The van der Waals surface area contributed by atoms with Gasteiger partial charge in [-0.05, 0) is 17.1 Å². The van der Waals surface area contributed by atoms with Crippen molar-refractivity contribution in [1.82, 2.24) is 0 Å². The molecule has 0 aliphatic rings. The van der Waals surface area contributed by atoms with Crippen molar-refractivity contribution in [1.29, 1.82) is 0 Å². The number of aliphatic imine (C=N–C) groups is 1. The van der Waals surface area contributed by atoms with E-state index in [1.165, 1.54) is 0 Å². The molecule has 11 heavy (non-hydrogen) atoms. The first kappa shape index (κ1) is 7.66. The fourth-order valence-corrected chi connectivity index (χ4v) is 0.679. The smallest absolute Gasteiger partial charge is 0.247 e. The van der Waals surface area contributed by atoms with Gasteiger partial charge in [0.05, 0.1) is 13.8 Å². The van der Waals surface area contributed by atoms with Gasteiger partial charge in [0.1, 0.15) is 0 Å². The normalized spacial score (nSPS) is 10.3. The third-order valence-corrected chi connectivity index (χ3v) is 1.16. The number of nitrogens with zero attached hydrogens (tertiary/aromatic N) is 2. The van der Waals surface area contributed by atoms with Gasteiger partial charge >= 0.3 is 0 Å². The molecule has 1 aromatic carbocycles. The summed E-state index contributed by atoms with van der Waals surface area (Å²) in [5.41, 5.74) is 0.947. The van der Waals surface area contributed by atoms with Crippen LogP contribution in [0.1, 0.15) is 0 Å². The fourth-order valence-electron chi connectivity index (χ4n) is 0.679. The lowest BCUT2D eigenvalue weighted by Crippen LogP contribution is -1.95. The first-order valence-electron chi connectivity index (χ1n) is 3.41. The first-order valence-corrected chi connectivity index (χ1v) is 3.41. The summed E-state index contributed by atoms with van der Waals surface area (Å²) >= 11 is 0. The zero-order chi connectivity index (χ0) is 8.10. The number of rotatable bonds is 2. The Morgan fingerprint density at radius 3 is 2.55 bits per heavy atom. The lowest BCUT2D eigenvalue weighted by molar-refractivity contribution is -0.349. The molecule has 1 aromatic rings. The monoisotopic (exact) mass is 147 g/mol. The van der Waals surface area contributed by atoms with Crippen molar-refractivity contribution in [3.05, 3.63) is 30.3 Å². The van der Waals surface area contributed by atoms with Crippen molar-refractivity contribution in [2.24, 2.45) is 4.99 Å². The second kappa shape index (κ2) is 3.66. The van der Waals surface area contributed by atoms with Gasteiger partial charge < -0.3 is 0 Å². The van der Waals surface area contributed by atoms with Gasteiger partial charge in [-0.25, -0.2) is 4.58 Å². The van der Waals surface area contributed by atoms with Crippen molar-refractivity contribution in [3.63, 3.8) is 0 Å². The van der Waals surface area contributed by atoms with Crippen LogP contribution in [-0.4, -0.2) is 24.7 Å². The summed E-state index contributed by atoms with van der Waals surface area (Å²) in [6.07, 6.45) is 1.68. The van der Waals surface area contributed by atoms with E-state index < -0.39 is 0 Å². The molecule has 0 amide bonds. The van der Waals surface area contributed by atoms with Crippen LogP contribution < -0.4 is 0 Å². The highest BCUT2D eigenvalue weighted by molar-refractivity contribution is 5.55. The Hall–Kier alpha value is -1.44. The number of benzene rings is 1. The molecule has 0 atom stereocenters. The molecule has 2 nitrogen and oxygen atoms in total. The van der Waals surface area contributed by atoms with Gasteiger partial charge in [0, 0.05) is 0 Å². The number of para-hydroxylation sites is 1. The molecule has 56 valence electrons. The quantitative estimate of drug-likeness (QED) is 0.343. The average molecular weight is 147 g/mol. The van der Waals surface area contributed by atoms with Crippen LogP contribution in [-0.2, 0) is 0 Å². The summed E-state index contributed by atoms with van der Waals surface area (Å²) in [6, 6.07) is 9.76. The highest BCUT2D eigenvalue weighted by Crippen LogP contribution is 2.07. The van der Waals surface area contributed by atoms with Crippen molar-refractivity contribution >= 4 is 18.7 Å². The Labute approximate surface area is 66.5 Å². The summed E-state index contributed by atoms with van der Waals surface area (Å²) in [6.45, 7) is 3.64. The molecule has 0 saturated heterocycles. The molecule has 0 saturated carbocycles. The molecule has 0 bridgehead atoms. The maximum atomic E-state index is 4.14. The van der Waals surface area contributed by atoms with Gasteiger partial charge in [-0.3, -0.25) is 0 Å². The minimum absolute atomic E-state index is 0.947. The summed E-state index contributed by atoms with van der Waals surface area (Å²) in [5, 5.41) is 0. The minimum atomic E-state index is 0.947. The lowest BCUT2D eigenvalue weighted by atomic mass is 10.3. The summed E-state index contributed by atoms with van der Waals surface area (Å²) in [5.74, 6) is 0. The topological polar surface area (TPSA) is 15.4 Å². The van der Waals surface area contributed by atoms with Crippen LogP contribution in [0.2, 0.25) is 0 Å². The number of hydrogen-bond donors (Lipinski definition) is 0. The average Bonchev–Trinajstić information content (AvgIpc) is 2.03.